The number of pyridine rings is 1. The van der Waals surface area contributed by atoms with Crippen LogP contribution < -0.4 is 20.9 Å². The molecule has 2 aromatic rings. The van der Waals surface area contributed by atoms with E-state index in [4.69, 9.17) is 87.0 Å². The minimum Gasteiger partial charge on any atom is -0.494 e. The number of esters is 1. The Balaban J connectivity index is 0.000000735. The number of aliphatic hydroxyl groups is 1. The number of aliphatic hydroxyl groups excluding tert-OH is 1. The highest BCUT2D eigenvalue weighted by Crippen LogP contribution is 2.35. The maximum atomic E-state index is 13.4. The van der Waals surface area contributed by atoms with E-state index in [1.165, 1.54) is 19.2 Å². The van der Waals surface area contributed by atoms with Gasteiger partial charge in [0.2, 0.25) is 11.8 Å². The van der Waals surface area contributed by atoms with Crippen molar-refractivity contribution in [2.75, 3.05) is 45.8 Å². The number of aromatic carboxylic acids is 1. The largest absolute Gasteiger partial charge is 0.494 e. The van der Waals surface area contributed by atoms with E-state index >= 15 is 0 Å². The fraction of sp³-hybridized carbons (Fsp3) is 0.519. The van der Waals surface area contributed by atoms with Crippen molar-refractivity contribution in [2.24, 2.45) is 5.73 Å². The normalized spacial score (nSPS) is 10.9. The van der Waals surface area contributed by atoms with E-state index in [0.29, 0.717) is 19.8 Å². The number of carboxylic acid groups (broad SMARTS) is 1. The minimum absolute atomic E-state index is 0.0833. The van der Waals surface area contributed by atoms with E-state index in [-0.39, 0.29) is 55.7 Å². The number of halogens is 5. The van der Waals surface area contributed by atoms with E-state index < -0.39 is 24.5 Å². The highest BCUT2D eigenvalue weighted by atomic mass is 35.5. The van der Waals surface area contributed by atoms with Crippen LogP contribution in [0.2, 0.25) is 20.1 Å². The van der Waals surface area contributed by atoms with Crippen LogP contribution in [0.5, 0.6) is 11.6 Å². The summed E-state index contributed by atoms with van der Waals surface area (Å²) in [6.07, 6.45) is 4.99. The lowest BCUT2D eigenvalue weighted by molar-refractivity contribution is -0.151. The van der Waals surface area contributed by atoms with Crippen LogP contribution >= 0.6 is 46.4 Å². The van der Waals surface area contributed by atoms with Crippen LogP contribution in [0.25, 0.3) is 0 Å². The van der Waals surface area contributed by atoms with Crippen LogP contribution in [-0.2, 0) is 14.3 Å². The van der Waals surface area contributed by atoms with Gasteiger partial charge >= 0.3 is 11.9 Å². The first kappa shape index (κ1) is 40.7. The number of nitrogens with zero attached hydrogens (tertiary/aromatic N) is 1. The summed E-state index contributed by atoms with van der Waals surface area (Å²) in [6, 6.07) is 2.89. The Morgan fingerprint density at radius 3 is 2.26 bits per heavy atom. The van der Waals surface area contributed by atoms with E-state index in [2.05, 4.69) is 11.9 Å². The Bertz CT molecular complexity index is 1140. The Hall–Kier alpha value is -2.32. The molecule has 0 aliphatic rings. The van der Waals surface area contributed by atoms with Gasteiger partial charge in [-0.05, 0) is 31.9 Å². The summed E-state index contributed by atoms with van der Waals surface area (Å²) in [6.45, 7) is 5.06. The summed E-state index contributed by atoms with van der Waals surface area (Å²) in [5.41, 5.74) is 10.3. The molecule has 1 aromatic carbocycles. The maximum absolute atomic E-state index is 13.4. The quantitative estimate of drug-likeness (QED) is 0.0971. The molecule has 43 heavy (non-hydrogen) atoms. The molecule has 0 fully saturated rings. The first-order valence-electron chi connectivity index (χ1n) is 13.1. The minimum atomic E-state index is -1.16. The molecule has 0 saturated carbocycles. The first-order valence-corrected chi connectivity index (χ1v) is 14.6. The Labute approximate surface area is 270 Å². The fourth-order valence-corrected chi connectivity index (χ4v) is 3.93. The van der Waals surface area contributed by atoms with Gasteiger partial charge in [-0.15, -0.1) is 0 Å². The van der Waals surface area contributed by atoms with Gasteiger partial charge in [-0.1, -0.05) is 72.6 Å². The number of methoxy groups -OCH3 is 1. The third-order valence-electron chi connectivity index (χ3n) is 5.14. The number of hydrogen-bond acceptors (Lipinski definition) is 10. The zero-order chi connectivity index (χ0) is 32.9. The fourth-order valence-electron chi connectivity index (χ4n) is 3.09. The van der Waals surface area contributed by atoms with Gasteiger partial charge in [0.05, 0.1) is 48.8 Å². The van der Waals surface area contributed by atoms with E-state index in [0.717, 1.165) is 32.1 Å². The molecule has 1 unspecified atom stereocenters. The van der Waals surface area contributed by atoms with Gasteiger partial charge in [0.15, 0.2) is 12.4 Å². The van der Waals surface area contributed by atoms with Crippen molar-refractivity contribution in [1.82, 2.24) is 4.98 Å². The number of carbonyl (C=O) groups excluding carboxylic acids is 1. The third kappa shape index (κ3) is 15.8. The predicted molar refractivity (Wildman–Crippen MR) is 165 cm³/mol. The van der Waals surface area contributed by atoms with Crippen LogP contribution in [-0.4, -0.2) is 73.3 Å². The molecule has 0 saturated heterocycles. The maximum Gasteiger partial charge on any atom is 0.344 e. The van der Waals surface area contributed by atoms with Crippen molar-refractivity contribution >= 4 is 64.0 Å². The zero-order valence-electron chi connectivity index (χ0n) is 24.1. The molecule has 6 N–H and O–H groups in total. The average Bonchev–Trinajstić information content (AvgIpc) is 2.97. The van der Waals surface area contributed by atoms with Crippen molar-refractivity contribution in [3.63, 3.8) is 0 Å². The number of aromatic nitrogens is 1. The molecule has 0 bridgehead atoms. The highest BCUT2D eigenvalue weighted by molar-refractivity contribution is 6.39. The number of unbranched alkanes of at least 4 members (excludes halogenated alkanes) is 3. The lowest BCUT2D eigenvalue weighted by Crippen LogP contribution is -2.21. The summed E-state index contributed by atoms with van der Waals surface area (Å²) in [7, 11) is 1.34. The molecule has 2 rings (SSSR count). The molecule has 244 valence electrons. The van der Waals surface area contributed by atoms with Gasteiger partial charge in [-0.2, -0.15) is 9.37 Å². The van der Waals surface area contributed by atoms with E-state index in [1.54, 1.807) is 0 Å². The number of carbonyl (C=O) groups is 2. The second kappa shape index (κ2) is 23.1. The molecule has 0 aliphatic carbocycles. The van der Waals surface area contributed by atoms with Crippen LogP contribution in [0, 0.1) is 5.95 Å². The number of anilines is 1. The van der Waals surface area contributed by atoms with Gasteiger partial charge in [0.1, 0.15) is 15.6 Å². The van der Waals surface area contributed by atoms with Crippen LogP contribution in [0.15, 0.2) is 12.1 Å². The summed E-state index contributed by atoms with van der Waals surface area (Å²) in [5, 5.41) is 16.7. The standard InChI is InChI=1S/C15H21Cl2FN2O3.C8H6Cl2O3.C4H11NO2/c1-3-4-5-6-7-9(2)23-10(21)8-22-15-12(17)13(19)11(16)14(18)20-15;1-13-7-5(10)3-2-4(9)6(7)8(11)12;5-1-3-7-4-2-6/h9H,3-8H2,1-2H3,(H2,19,20);2-3H,1H3,(H,11,12);6H,1-5H2. The van der Waals surface area contributed by atoms with Gasteiger partial charge in [-0.3, -0.25) is 0 Å². The lowest BCUT2D eigenvalue weighted by atomic mass is 10.1. The molecule has 16 heteroatoms. The smallest absolute Gasteiger partial charge is 0.344 e. The monoisotopic (exact) mass is 691 g/mol. The second-order valence-corrected chi connectivity index (χ2v) is 10.1. The Kier molecular flexibility index (Phi) is 21.9. The molecule has 0 radical (unpaired) electrons. The summed E-state index contributed by atoms with van der Waals surface area (Å²) < 4.78 is 33.2. The van der Waals surface area contributed by atoms with Crippen LogP contribution in [0.3, 0.4) is 0 Å². The molecule has 1 atom stereocenters. The SMILES string of the molecule is CCCCCCC(C)OC(=O)COc1nc(F)c(Cl)c(N)c1Cl.COc1c(Cl)ccc(Cl)c1C(=O)O.NCCOCCO. The predicted octanol–water partition coefficient (Wildman–Crippen LogP) is 6.04. The van der Waals surface area contributed by atoms with Gasteiger partial charge in [0, 0.05) is 6.54 Å². The molecule has 0 spiro atoms. The van der Waals surface area contributed by atoms with E-state index in [1.807, 2.05) is 6.92 Å². The number of rotatable bonds is 15. The van der Waals surface area contributed by atoms with Gasteiger partial charge < -0.3 is 40.6 Å². The summed E-state index contributed by atoms with van der Waals surface area (Å²) in [5.74, 6) is -2.97. The number of carboxylic acids is 1. The number of benzene rings is 1. The summed E-state index contributed by atoms with van der Waals surface area (Å²) in [4.78, 5) is 25.8. The van der Waals surface area contributed by atoms with Crippen molar-refractivity contribution in [3.8, 4) is 11.6 Å². The van der Waals surface area contributed by atoms with Crippen molar-refractivity contribution in [2.45, 2.75) is 52.1 Å². The number of nitrogen functional groups attached to an aromatic ring is 1. The second-order valence-electron chi connectivity index (χ2n) is 8.56. The molecule has 1 heterocycles. The van der Waals surface area contributed by atoms with Gasteiger partial charge in [0.25, 0.3) is 0 Å². The molecular formula is C27H38Cl4FN3O8. The lowest BCUT2D eigenvalue weighted by Gasteiger charge is -2.14. The number of nitrogens with two attached hydrogens (primary N) is 2. The summed E-state index contributed by atoms with van der Waals surface area (Å²) >= 11 is 22.8. The van der Waals surface area contributed by atoms with Crippen LogP contribution in [0.1, 0.15) is 56.3 Å². The van der Waals surface area contributed by atoms with Crippen molar-refractivity contribution < 1.29 is 43.1 Å². The third-order valence-corrected chi connectivity index (χ3v) is 6.48. The molecule has 1 aromatic heterocycles. The number of hydrogen-bond donors (Lipinski definition) is 4. The Morgan fingerprint density at radius 2 is 1.72 bits per heavy atom. The zero-order valence-corrected chi connectivity index (χ0v) is 27.2. The van der Waals surface area contributed by atoms with Gasteiger partial charge in [-0.25, -0.2) is 9.59 Å². The number of ether oxygens (including phenoxy) is 4. The highest BCUT2D eigenvalue weighted by Gasteiger charge is 2.19. The molecular weight excluding hydrogens is 655 g/mol. The molecule has 0 amide bonds. The van der Waals surface area contributed by atoms with Crippen molar-refractivity contribution in [1.29, 1.82) is 0 Å². The first-order chi connectivity index (χ1) is 20.4. The molecule has 11 nitrogen and oxygen atoms in total. The van der Waals surface area contributed by atoms with E-state index in [9.17, 15) is 14.0 Å². The van der Waals surface area contributed by atoms with Crippen LogP contribution in [0.4, 0.5) is 10.1 Å². The topological polar surface area (TPSA) is 176 Å². The Morgan fingerprint density at radius 1 is 1.07 bits per heavy atom. The average molecular weight is 693 g/mol. The van der Waals surface area contributed by atoms with Crippen molar-refractivity contribution in [3.05, 3.63) is 43.7 Å². The molecule has 0 aliphatic heterocycles.